The monoisotopic (exact) mass is 1370 g/mol. The van der Waals surface area contributed by atoms with Gasteiger partial charge >= 0.3 is 19.8 Å². The number of hydrogen-bond donors (Lipinski definition) is 1. The van der Waals surface area contributed by atoms with Crippen LogP contribution in [-0.4, -0.2) is 74.9 Å². The van der Waals surface area contributed by atoms with Crippen molar-refractivity contribution in [3.05, 3.63) is 48.6 Å². The van der Waals surface area contributed by atoms with Gasteiger partial charge in [0.25, 0.3) is 0 Å². The minimum absolute atomic E-state index is 0.0356. The maximum atomic E-state index is 12.9. The number of carbonyl (C=O) groups is 2. The number of carbonyl (C=O) groups excluding carboxylic acids is 2. The lowest BCUT2D eigenvalue weighted by molar-refractivity contribution is -0.870. The number of likely N-dealkylation sites (N-methyl/N-ethyl adjacent to an activating group) is 1. The van der Waals surface area contributed by atoms with Crippen molar-refractivity contribution in [1.82, 2.24) is 0 Å². The number of phosphoric acid groups is 1. The summed E-state index contributed by atoms with van der Waals surface area (Å²) in [6.45, 7) is 4.41. The quantitative estimate of drug-likeness (QED) is 0.0211. The van der Waals surface area contributed by atoms with Crippen LogP contribution in [0.15, 0.2) is 48.6 Å². The van der Waals surface area contributed by atoms with Crippen LogP contribution in [0.3, 0.4) is 0 Å². The third-order valence-corrected chi connectivity index (χ3v) is 20.4. The van der Waals surface area contributed by atoms with Gasteiger partial charge in [-0.2, -0.15) is 0 Å². The second-order valence-electron chi connectivity index (χ2n) is 30.2. The summed E-state index contributed by atoms with van der Waals surface area (Å²) in [5.41, 5.74) is 0. The van der Waals surface area contributed by atoms with Crippen LogP contribution in [-0.2, 0) is 32.7 Å². The zero-order valence-corrected chi connectivity index (χ0v) is 65.8. The minimum atomic E-state index is -4.39. The lowest BCUT2D eigenvalue weighted by Gasteiger charge is -2.24. The van der Waals surface area contributed by atoms with Crippen molar-refractivity contribution >= 4 is 19.8 Å². The molecule has 0 rings (SSSR count). The average Bonchev–Trinajstić information content (AvgIpc) is 1.98. The predicted octanol–water partition coefficient (Wildman–Crippen LogP) is 28.3. The first-order chi connectivity index (χ1) is 47.0. The predicted molar refractivity (Wildman–Crippen MR) is 418 cm³/mol. The molecule has 0 aliphatic rings. The first kappa shape index (κ1) is 94.0. The molecule has 0 bridgehead atoms. The van der Waals surface area contributed by atoms with Gasteiger partial charge in [0, 0.05) is 12.8 Å². The van der Waals surface area contributed by atoms with E-state index >= 15 is 0 Å². The van der Waals surface area contributed by atoms with Crippen LogP contribution < -0.4 is 0 Å². The van der Waals surface area contributed by atoms with Crippen molar-refractivity contribution in [2.45, 2.75) is 444 Å². The van der Waals surface area contributed by atoms with Crippen LogP contribution >= 0.6 is 7.82 Å². The van der Waals surface area contributed by atoms with Crippen molar-refractivity contribution in [3.63, 3.8) is 0 Å². The molecule has 0 aromatic carbocycles. The summed E-state index contributed by atoms with van der Waals surface area (Å²) < 4.78 is 34.9. The van der Waals surface area contributed by atoms with Gasteiger partial charge in [0.05, 0.1) is 27.7 Å². The highest BCUT2D eigenvalue weighted by Crippen LogP contribution is 2.43. The van der Waals surface area contributed by atoms with Gasteiger partial charge in [-0.3, -0.25) is 18.6 Å². The Morgan fingerprint density at radius 1 is 0.333 bits per heavy atom. The molecular formula is C86H165NO8P+. The Hall–Kier alpha value is -2.03. The maximum Gasteiger partial charge on any atom is 0.472 e. The summed E-state index contributed by atoms with van der Waals surface area (Å²) in [4.78, 5) is 36.0. The zero-order chi connectivity index (χ0) is 69.7. The van der Waals surface area contributed by atoms with Gasteiger partial charge in [-0.15, -0.1) is 0 Å². The SMILES string of the molecule is CC/C=C\C/C=C\C/C=C\C/C=C\CCCCCCCCCCCCCCCCCCCCCCCCCCCCC(=O)OC(COC(=O)CCCCCCCCCCCCCCCCCCCCCCCCCCCCCCCCCCC)COP(=O)(O)OCC[N+](C)(C)C. The van der Waals surface area contributed by atoms with Crippen LogP contribution in [0.25, 0.3) is 0 Å². The zero-order valence-electron chi connectivity index (χ0n) is 64.9. The summed E-state index contributed by atoms with van der Waals surface area (Å²) in [7, 11) is 1.50. The number of nitrogens with zero attached hydrogens (tertiary/aromatic N) is 1. The standard InChI is InChI=1S/C86H164NO8P/c1-6-8-10-12-14-16-18-20-22-24-26-28-30-32-34-36-38-40-41-42-43-44-45-47-49-51-53-55-57-59-61-63-65-67-69-71-73-75-77-79-86(89)95-84(83-94-96(90,91)93-81-80-87(3,4)5)82-92-85(88)78-76-74-72-70-68-66-64-62-60-58-56-54-52-50-48-46-39-37-35-33-31-29-27-25-23-21-19-17-15-13-11-9-7-2/h8,10,14,16,20,22,26,28,84H,6-7,9,11-13,15,17-19,21,23-25,27,29-83H2,1-5H3/p+1/b10-8-,16-14-,22-20-,28-26-. The second-order valence-corrected chi connectivity index (χ2v) is 31.7. The van der Waals surface area contributed by atoms with Crippen LogP contribution in [0.5, 0.6) is 0 Å². The highest BCUT2D eigenvalue weighted by atomic mass is 31.2. The van der Waals surface area contributed by atoms with Crippen LogP contribution in [0.4, 0.5) is 0 Å². The van der Waals surface area contributed by atoms with Gasteiger partial charge < -0.3 is 18.9 Å². The van der Waals surface area contributed by atoms with E-state index in [1.807, 2.05) is 21.1 Å². The molecule has 1 N–H and O–H groups in total. The normalized spacial score (nSPS) is 13.2. The summed E-state index contributed by atoms with van der Waals surface area (Å²) in [6, 6.07) is 0. The van der Waals surface area contributed by atoms with Gasteiger partial charge in [0.1, 0.15) is 19.8 Å². The van der Waals surface area contributed by atoms with Crippen molar-refractivity contribution in [2.75, 3.05) is 47.5 Å². The number of allylic oxidation sites excluding steroid dienone is 8. The van der Waals surface area contributed by atoms with E-state index in [1.165, 1.54) is 347 Å². The maximum absolute atomic E-state index is 12.9. The molecule has 2 unspecified atom stereocenters. The van der Waals surface area contributed by atoms with Gasteiger partial charge in [-0.05, 0) is 51.4 Å². The number of unbranched alkanes of at least 4 members (excludes halogenated alkanes) is 58. The molecule has 0 aromatic heterocycles. The molecule has 10 heteroatoms. The average molecular weight is 1370 g/mol. The Labute approximate surface area is 598 Å². The first-order valence-electron chi connectivity index (χ1n) is 42.4. The van der Waals surface area contributed by atoms with E-state index in [-0.39, 0.29) is 25.6 Å². The Kier molecular flexibility index (Phi) is 75.5. The third-order valence-electron chi connectivity index (χ3n) is 19.4. The molecule has 566 valence electrons. The molecule has 96 heavy (non-hydrogen) atoms. The number of phosphoric ester groups is 1. The number of rotatable bonds is 80. The first-order valence-corrected chi connectivity index (χ1v) is 43.9. The van der Waals surface area contributed by atoms with Gasteiger partial charge in [-0.1, -0.05) is 422 Å². The van der Waals surface area contributed by atoms with E-state index in [0.29, 0.717) is 23.9 Å². The number of quaternary nitrogens is 1. The smallest absolute Gasteiger partial charge is 0.462 e. The Balaban J connectivity index is 3.86. The van der Waals surface area contributed by atoms with E-state index in [0.717, 1.165) is 57.8 Å². The topological polar surface area (TPSA) is 108 Å². The van der Waals surface area contributed by atoms with Gasteiger partial charge in [-0.25, -0.2) is 4.57 Å². The fourth-order valence-electron chi connectivity index (χ4n) is 13.0. The van der Waals surface area contributed by atoms with Crippen LogP contribution in [0.2, 0.25) is 0 Å². The molecule has 0 aromatic rings. The fraction of sp³-hybridized carbons (Fsp3) is 0.884. The third kappa shape index (κ3) is 80.9. The van der Waals surface area contributed by atoms with Crippen molar-refractivity contribution in [3.8, 4) is 0 Å². The molecule has 0 heterocycles. The molecule has 9 nitrogen and oxygen atoms in total. The van der Waals surface area contributed by atoms with E-state index < -0.39 is 26.5 Å². The molecule has 0 spiro atoms. The number of ether oxygens (including phenoxy) is 2. The molecule has 0 saturated carbocycles. The van der Waals surface area contributed by atoms with Crippen molar-refractivity contribution < 1.29 is 42.1 Å². The van der Waals surface area contributed by atoms with Crippen molar-refractivity contribution in [2.24, 2.45) is 0 Å². The summed E-state index contributed by atoms with van der Waals surface area (Å²) in [5, 5.41) is 0. The van der Waals surface area contributed by atoms with Crippen LogP contribution in [0.1, 0.15) is 438 Å². The molecular weight excluding hydrogens is 1210 g/mol. The highest BCUT2D eigenvalue weighted by Gasteiger charge is 2.27. The lowest BCUT2D eigenvalue weighted by Crippen LogP contribution is -2.37. The molecule has 0 fully saturated rings. The van der Waals surface area contributed by atoms with Gasteiger partial charge in [0.2, 0.25) is 0 Å². The largest absolute Gasteiger partial charge is 0.472 e. The molecule has 0 saturated heterocycles. The number of hydrogen-bond acceptors (Lipinski definition) is 7. The van der Waals surface area contributed by atoms with Crippen molar-refractivity contribution in [1.29, 1.82) is 0 Å². The lowest BCUT2D eigenvalue weighted by atomic mass is 10.0. The Bertz CT molecular complexity index is 1760. The fourth-order valence-corrected chi connectivity index (χ4v) is 13.7. The van der Waals surface area contributed by atoms with Gasteiger partial charge in [0.15, 0.2) is 6.10 Å². The second kappa shape index (κ2) is 77.1. The molecule has 2 atom stereocenters. The van der Waals surface area contributed by atoms with E-state index in [1.54, 1.807) is 0 Å². The van der Waals surface area contributed by atoms with E-state index in [4.69, 9.17) is 18.5 Å². The Morgan fingerprint density at radius 3 is 0.885 bits per heavy atom. The van der Waals surface area contributed by atoms with E-state index in [9.17, 15) is 19.0 Å². The van der Waals surface area contributed by atoms with Crippen LogP contribution in [0, 0.1) is 0 Å². The number of esters is 2. The van der Waals surface area contributed by atoms with E-state index in [2.05, 4.69) is 62.5 Å². The molecule has 0 amide bonds. The molecule has 0 aliphatic heterocycles. The molecule has 0 aliphatic carbocycles. The highest BCUT2D eigenvalue weighted by molar-refractivity contribution is 7.47. The summed E-state index contributed by atoms with van der Waals surface area (Å²) in [6.07, 6.45) is 103. The molecule has 0 radical (unpaired) electrons. The Morgan fingerprint density at radius 2 is 0.594 bits per heavy atom. The minimum Gasteiger partial charge on any atom is -0.462 e. The summed E-state index contributed by atoms with van der Waals surface area (Å²) in [5.74, 6) is -0.768. The summed E-state index contributed by atoms with van der Waals surface area (Å²) >= 11 is 0.